The number of anilines is 1. The van der Waals surface area contributed by atoms with E-state index < -0.39 is 0 Å². The summed E-state index contributed by atoms with van der Waals surface area (Å²) in [4.78, 5) is 19.7. The van der Waals surface area contributed by atoms with E-state index in [0.29, 0.717) is 22.7 Å². The number of halogens is 1. The van der Waals surface area contributed by atoms with Crippen molar-refractivity contribution >= 4 is 23.1 Å². The predicted octanol–water partition coefficient (Wildman–Crippen LogP) is 1.93. The summed E-state index contributed by atoms with van der Waals surface area (Å²) in [6.07, 6.45) is 1.88. The Labute approximate surface area is 141 Å². The van der Waals surface area contributed by atoms with Gasteiger partial charge in [0, 0.05) is 5.69 Å². The summed E-state index contributed by atoms with van der Waals surface area (Å²) >= 11 is 1.38. The van der Waals surface area contributed by atoms with Gasteiger partial charge in [-0.1, -0.05) is 47.7 Å². The van der Waals surface area contributed by atoms with Gasteiger partial charge in [0.05, 0.1) is 4.53 Å². The molecule has 0 saturated heterocycles. The maximum Gasteiger partial charge on any atom is 0.271 e. The molecule has 1 aliphatic heterocycles. The van der Waals surface area contributed by atoms with Gasteiger partial charge in [-0.15, -0.1) is 0 Å². The zero-order chi connectivity index (χ0) is 16.5. The normalized spacial score (nSPS) is 14.4. The van der Waals surface area contributed by atoms with Gasteiger partial charge in [0.1, 0.15) is 19.2 Å². The standard InChI is InChI=1S/C18H14FN3OS/c19-14-7-4-8-15(10-14)21-11-20-18-22(12-21)17(23)16(24-18)9-13-5-2-1-3-6-13/h1-10H,11-12H2/b16-9+. The Bertz CT molecular complexity index is 1060. The van der Waals surface area contributed by atoms with Crippen LogP contribution >= 0.6 is 11.3 Å². The molecule has 4 nitrogen and oxygen atoms in total. The lowest BCUT2D eigenvalue weighted by Gasteiger charge is -2.25. The van der Waals surface area contributed by atoms with Crippen LogP contribution in [0.2, 0.25) is 0 Å². The van der Waals surface area contributed by atoms with Crippen molar-refractivity contribution in [2.45, 2.75) is 6.67 Å². The highest BCUT2D eigenvalue weighted by Crippen LogP contribution is 2.16. The summed E-state index contributed by atoms with van der Waals surface area (Å²) in [5.41, 5.74) is 1.63. The van der Waals surface area contributed by atoms with Gasteiger partial charge in [-0.3, -0.25) is 9.36 Å². The summed E-state index contributed by atoms with van der Waals surface area (Å²) in [6, 6.07) is 16.1. The molecule has 0 bridgehead atoms. The van der Waals surface area contributed by atoms with Gasteiger partial charge in [-0.2, -0.15) is 0 Å². The minimum Gasteiger partial charge on any atom is -0.333 e. The molecule has 0 saturated carbocycles. The zero-order valence-corrected chi connectivity index (χ0v) is 13.5. The van der Waals surface area contributed by atoms with Gasteiger partial charge < -0.3 is 4.90 Å². The number of aromatic nitrogens is 1. The molecule has 6 heteroatoms. The van der Waals surface area contributed by atoms with Gasteiger partial charge in [0.15, 0.2) is 4.80 Å². The summed E-state index contributed by atoms with van der Waals surface area (Å²) < 4.78 is 15.7. The van der Waals surface area contributed by atoms with Gasteiger partial charge in [0.2, 0.25) is 0 Å². The van der Waals surface area contributed by atoms with E-state index in [1.54, 1.807) is 10.6 Å². The number of thiazole rings is 1. The van der Waals surface area contributed by atoms with Crippen LogP contribution in [0.5, 0.6) is 0 Å². The molecule has 0 N–H and O–H groups in total. The Morgan fingerprint density at radius 1 is 1.12 bits per heavy atom. The van der Waals surface area contributed by atoms with E-state index in [2.05, 4.69) is 4.99 Å². The largest absolute Gasteiger partial charge is 0.333 e. The van der Waals surface area contributed by atoms with E-state index >= 15 is 0 Å². The third-order valence-corrected chi connectivity index (χ3v) is 4.89. The van der Waals surface area contributed by atoms with Crippen molar-refractivity contribution in [3.8, 4) is 0 Å². The fraction of sp³-hybridized carbons (Fsp3) is 0.111. The van der Waals surface area contributed by atoms with Gasteiger partial charge in [-0.25, -0.2) is 9.38 Å². The second-order valence-electron chi connectivity index (χ2n) is 5.50. The molecule has 24 heavy (non-hydrogen) atoms. The van der Waals surface area contributed by atoms with Crippen molar-refractivity contribution in [2.24, 2.45) is 4.99 Å². The number of rotatable bonds is 2. The van der Waals surface area contributed by atoms with Crippen molar-refractivity contribution in [1.29, 1.82) is 0 Å². The molecule has 120 valence electrons. The molecule has 0 unspecified atom stereocenters. The Morgan fingerprint density at radius 2 is 1.96 bits per heavy atom. The molecular weight excluding hydrogens is 325 g/mol. The lowest BCUT2D eigenvalue weighted by molar-refractivity contribution is 0.565. The van der Waals surface area contributed by atoms with Crippen molar-refractivity contribution in [3.63, 3.8) is 0 Å². The monoisotopic (exact) mass is 339 g/mol. The van der Waals surface area contributed by atoms with Crippen molar-refractivity contribution in [1.82, 2.24) is 4.57 Å². The number of hydrogen-bond donors (Lipinski definition) is 0. The minimum absolute atomic E-state index is 0.0660. The van der Waals surface area contributed by atoms with Crippen LogP contribution in [-0.4, -0.2) is 11.2 Å². The van der Waals surface area contributed by atoms with Gasteiger partial charge in [-0.05, 0) is 29.8 Å². The summed E-state index contributed by atoms with van der Waals surface area (Å²) in [5, 5.41) is 0. The fourth-order valence-corrected chi connectivity index (χ4v) is 3.61. The average molecular weight is 339 g/mol. The molecule has 4 rings (SSSR count). The second kappa shape index (κ2) is 6.05. The van der Waals surface area contributed by atoms with E-state index in [1.807, 2.05) is 47.4 Å². The first kappa shape index (κ1) is 14.8. The number of nitrogens with zero attached hydrogens (tertiary/aromatic N) is 3. The first-order valence-corrected chi connectivity index (χ1v) is 8.34. The van der Waals surface area contributed by atoms with Crippen molar-refractivity contribution < 1.29 is 4.39 Å². The van der Waals surface area contributed by atoms with Crippen LogP contribution in [0, 0.1) is 5.82 Å². The molecule has 1 aromatic heterocycles. The average Bonchev–Trinajstić information content (AvgIpc) is 2.91. The third kappa shape index (κ3) is 2.76. The van der Waals surface area contributed by atoms with E-state index in [9.17, 15) is 9.18 Å². The Balaban J connectivity index is 1.73. The van der Waals surface area contributed by atoms with Crippen LogP contribution in [0.15, 0.2) is 64.4 Å². The van der Waals surface area contributed by atoms with Crippen LogP contribution < -0.4 is 19.8 Å². The van der Waals surface area contributed by atoms with Crippen molar-refractivity contribution in [2.75, 3.05) is 11.6 Å². The van der Waals surface area contributed by atoms with E-state index in [1.165, 1.54) is 23.5 Å². The molecule has 1 aliphatic rings. The summed E-state index contributed by atoms with van der Waals surface area (Å²) in [7, 11) is 0. The topological polar surface area (TPSA) is 37.6 Å². The zero-order valence-electron chi connectivity index (χ0n) is 12.7. The van der Waals surface area contributed by atoms with Crippen LogP contribution in [0.1, 0.15) is 5.56 Å². The van der Waals surface area contributed by atoms with Gasteiger partial charge in [0.25, 0.3) is 5.56 Å². The van der Waals surface area contributed by atoms with Crippen molar-refractivity contribution in [3.05, 3.63) is 85.7 Å². The number of hydrogen-bond acceptors (Lipinski definition) is 4. The predicted molar refractivity (Wildman–Crippen MR) is 93.1 cm³/mol. The lowest BCUT2D eigenvalue weighted by Crippen LogP contribution is -2.42. The Morgan fingerprint density at radius 3 is 2.75 bits per heavy atom. The van der Waals surface area contributed by atoms with Crippen LogP contribution in [0.3, 0.4) is 0 Å². The molecular formula is C18H14FN3OS. The molecule has 0 atom stereocenters. The highest BCUT2D eigenvalue weighted by atomic mass is 32.1. The molecule has 2 aromatic carbocycles. The van der Waals surface area contributed by atoms with E-state index in [4.69, 9.17) is 0 Å². The Hall–Kier alpha value is -2.73. The minimum atomic E-state index is -0.297. The highest BCUT2D eigenvalue weighted by Gasteiger charge is 2.16. The molecule has 0 aliphatic carbocycles. The first-order chi connectivity index (χ1) is 11.7. The second-order valence-corrected chi connectivity index (χ2v) is 6.51. The molecule has 3 aromatic rings. The SMILES string of the molecule is O=c1/c(=C\c2ccccc2)sc2n1CN(c1cccc(F)c1)CN=2. The maximum atomic E-state index is 13.4. The van der Waals surface area contributed by atoms with Crippen LogP contribution in [-0.2, 0) is 6.67 Å². The fourth-order valence-electron chi connectivity index (χ4n) is 2.65. The van der Waals surface area contributed by atoms with E-state index in [0.717, 1.165) is 11.3 Å². The smallest absolute Gasteiger partial charge is 0.271 e. The molecule has 2 heterocycles. The lowest BCUT2D eigenvalue weighted by atomic mass is 10.2. The third-order valence-electron chi connectivity index (χ3n) is 3.85. The van der Waals surface area contributed by atoms with Gasteiger partial charge >= 0.3 is 0 Å². The summed E-state index contributed by atoms with van der Waals surface area (Å²) in [5.74, 6) is -0.297. The first-order valence-electron chi connectivity index (χ1n) is 7.52. The van der Waals surface area contributed by atoms with Crippen LogP contribution in [0.4, 0.5) is 10.1 Å². The maximum absolute atomic E-state index is 13.4. The molecule has 0 radical (unpaired) electrons. The summed E-state index contributed by atoms with van der Waals surface area (Å²) in [6.45, 7) is 0.786. The molecule has 0 fully saturated rings. The highest BCUT2D eigenvalue weighted by molar-refractivity contribution is 7.07. The number of benzene rings is 2. The van der Waals surface area contributed by atoms with E-state index in [-0.39, 0.29) is 11.4 Å². The molecule has 0 amide bonds. The molecule has 0 spiro atoms. The number of fused-ring (bicyclic) bond motifs is 1. The van der Waals surface area contributed by atoms with Crippen LogP contribution in [0.25, 0.3) is 6.08 Å². The Kier molecular flexibility index (Phi) is 3.74. The quantitative estimate of drug-likeness (QED) is 0.715.